The first kappa shape index (κ1) is 19.1. The summed E-state index contributed by atoms with van der Waals surface area (Å²) in [5.41, 5.74) is -0.907. The molecule has 1 unspecified atom stereocenters. The number of hydrogen-bond donors (Lipinski definition) is 1. The van der Waals surface area contributed by atoms with Crippen LogP contribution in [0.25, 0.3) is 0 Å². The molecule has 22 heavy (non-hydrogen) atoms. The normalized spacial score (nSPS) is 13.3. The van der Waals surface area contributed by atoms with E-state index in [0.717, 1.165) is 30.4 Å². The predicted molar refractivity (Wildman–Crippen MR) is 82.0 cm³/mol. The number of pyridine rings is 1. The van der Waals surface area contributed by atoms with Crippen LogP contribution in [0.2, 0.25) is 5.02 Å². The van der Waals surface area contributed by atoms with Gasteiger partial charge < -0.3 is 5.32 Å². The van der Waals surface area contributed by atoms with Gasteiger partial charge in [0.15, 0.2) is 0 Å². The van der Waals surface area contributed by atoms with Crippen LogP contribution < -0.4 is 5.32 Å². The van der Waals surface area contributed by atoms with Crippen LogP contribution in [-0.2, 0) is 11.0 Å². The number of amides is 1. The lowest BCUT2D eigenvalue weighted by molar-refractivity contribution is -0.137. The Balaban J connectivity index is 2.64. The highest BCUT2D eigenvalue weighted by Crippen LogP contribution is 2.34. The highest BCUT2D eigenvalue weighted by Gasteiger charge is 2.31. The molecule has 1 aromatic heterocycles. The van der Waals surface area contributed by atoms with Crippen LogP contribution in [-0.4, -0.2) is 22.7 Å². The molecule has 1 heterocycles. The number of carbonyl (C=O) groups excluding carboxylic acids is 1. The Bertz CT molecular complexity index is 523. The fraction of sp³-hybridized carbons (Fsp3) is 0.571. The first-order valence-corrected chi connectivity index (χ1v) is 8.04. The minimum absolute atomic E-state index is 0.110. The van der Waals surface area contributed by atoms with Crippen molar-refractivity contribution in [3.05, 3.63) is 22.8 Å². The molecule has 0 fully saturated rings. The van der Waals surface area contributed by atoms with Gasteiger partial charge >= 0.3 is 6.18 Å². The molecule has 0 radical (unpaired) electrons. The molecule has 1 atom stereocenters. The van der Waals surface area contributed by atoms with Gasteiger partial charge in [0, 0.05) is 12.7 Å². The molecular formula is C14H18ClF3N2OS. The highest BCUT2D eigenvalue weighted by molar-refractivity contribution is 8.00. The molecule has 0 aliphatic rings. The van der Waals surface area contributed by atoms with Crippen LogP contribution in [0.4, 0.5) is 13.2 Å². The summed E-state index contributed by atoms with van der Waals surface area (Å²) in [6, 6.07) is 0.820. The number of nitrogens with zero attached hydrogens (tertiary/aromatic N) is 1. The van der Waals surface area contributed by atoms with E-state index in [2.05, 4.69) is 24.1 Å². The van der Waals surface area contributed by atoms with Crippen LogP contribution >= 0.6 is 23.4 Å². The summed E-state index contributed by atoms with van der Waals surface area (Å²) in [5.74, 6) is 0.290. The number of alkyl halides is 3. The van der Waals surface area contributed by atoms with Gasteiger partial charge in [0.05, 0.1) is 15.8 Å². The maximum atomic E-state index is 12.5. The molecule has 1 rings (SSSR count). The Morgan fingerprint density at radius 2 is 2.05 bits per heavy atom. The molecule has 8 heteroatoms. The third kappa shape index (κ3) is 6.04. The van der Waals surface area contributed by atoms with Crippen molar-refractivity contribution < 1.29 is 18.0 Å². The Kier molecular flexibility index (Phi) is 6.99. The number of thioether (sulfide) groups is 1. The van der Waals surface area contributed by atoms with Crippen molar-refractivity contribution in [2.45, 2.75) is 43.6 Å². The van der Waals surface area contributed by atoms with Gasteiger partial charge in [0.25, 0.3) is 0 Å². The SMILES string of the molecule is CC(C)CCNC(=O)C(C)Sc1ncc(C(F)(F)F)cc1Cl. The standard InChI is InChI=1S/C14H18ClF3N2OS/c1-8(2)4-5-19-12(21)9(3)22-13-11(15)6-10(7-20-13)14(16,17)18/h6-9H,4-5H2,1-3H3,(H,19,21). The number of hydrogen-bond acceptors (Lipinski definition) is 3. The van der Waals surface area contributed by atoms with Crippen molar-refractivity contribution in [2.24, 2.45) is 5.92 Å². The molecule has 0 aliphatic carbocycles. The van der Waals surface area contributed by atoms with Crippen LogP contribution in [0.5, 0.6) is 0 Å². The first-order chi connectivity index (χ1) is 10.1. The van der Waals surface area contributed by atoms with Crippen LogP contribution in [0.15, 0.2) is 17.3 Å². The second-order valence-electron chi connectivity index (χ2n) is 5.24. The van der Waals surface area contributed by atoms with Crippen LogP contribution in [0.3, 0.4) is 0 Å². The van der Waals surface area contributed by atoms with E-state index in [1.807, 2.05) is 0 Å². The lowest BCUT2D eigenvalue weighted by Gasteiger charge is -2.14. The third-order valence-electron chi connectivity index (χ3n) is 2.81. The Morgan fingerprint density at radius 3 is 2.55 bits per heavy atom. The van der Waals surface area contributed by atoms with E-state index in [4.69, 9.17) is 11.6 Å². The van der Waals surface area contributed by atoms with Gasteiger partial charge in [-0.2, -0.15) is 13.2 Å². The van der Waals surface area contributed by atoms with Crippen molar-refractivity contribution in [2.75, 3.05) is 6.54 Å². The summed E-state index contributed by atoms with van der Waals surface area (Å²) in [6.07, 6.45) is -2.90. The number of nitrogens with one attached hydrogen (secondary N) is 1. The number of carbonyl (C=O) groups is 1. The van der Waals surface area contributed by atoms with Crippen molar-refractivity contribution in [3.63, 3.8) is 0 Å². The Labute approximate surface area is 137 Å². The Hall–Kier alpha value is -0.950. The van der Waals surface area contributed by atoms with Crippen molar-refractivity contribution in [1.82, 2.24) is 10.3 Å². The monoisotopic (exact) mass is 354 g/mol. The fourth-order valence-corrected chi connectivity index (χ4v) is 2.63. The summed E-state index contributed by atoms with van der Waals surface area (Å²) < 4.78 is 37.6. The van der Waals surface area contributed by atoms with Gasteiger partial charge in [-0.3, -0.25) is 4.79 Å². The molecule has 0 spiro atoms. The van der Waals surface area contributed by atoms with Gasteiger partial charge in [-0.25, -0.2) is 4.98 Å². The molecule has 0 aliphatic heterocycles. The molecule has 124 valence electrons. The van der Waals surface area contributed by atoms with Crippen molar-refractivity contribution in [3.8, 4) is 0 Å². The van der Waals surface area contributed by atoms with Crippen molar-refractivity contribution >= 4 is 29.3 Å². The van der Waals surface area contributed by atoms with Gasteiger partial charge in [0.1, 0.15) is 5.03 Å². The molecule has 3 nitrogen and oxygen atoms in total. The molecule has 1 aromatic rings. The van der Waals surface area contributed by atoms with E-state index in [0.29, 0.717) is 12.5 Å². The van der Waals surface area contributed by atoms with E-state index in [1.165, 1.54) is 0 Å². The lowest BCUT2D eigenvalue weighted by Crippen LogP contribution is -2.32. The predicted octanol–water partition coefficient (Wildman–Crippen LogP) is 4.40. The van der Waals surface area contributed by atoms with E-state index >= 15 is 0 Å². The first-order valence-electron chi connectivity index (χ1n) is 6.78. The zero-order chi connectivity index (χ0) is 16.9. The zero-order valence-electron chi connectivity index (χ0n) is 12.5. The van der Waals surface area contributed by atoms with Crippen molar-refractivity contribution in [1.29, 1.82) is 0 Å². The summed E-state index contributed by atoms with van der Waals surface area (Å²) in [4.78, 5) is 15.6. The van der Waals surface area contributed by atoms with Gasteiger partial charge in [0.2, 0.25) is 5.91 Å². The van der Waals surface area contributed by atoms with E-state index in [1.54, 1.807) is 6.92 Å². The van der Waals surface area contributed by atoms with E-state index in [9.17, 15) is 18.0 Å². The number of aromatic nitrogens is 1. The molecule has 0 saturated carbocycles. The zero-order valence-corrected chi connectivity index (χ0v) is 14.1. The summed E-state index contributed by atoms with van der Waals surface area (Å²) in [5, 5.41) is 2.39. The third-order valence-corrected chi connectivity index (χ3v) is 4.33. The number of halogens is 4. The second-order valence-corrected chi connectivity index (χ2v) is 6.98. The Morgan fingerprint density at radius 1 is 1.41 bits per heavy atom. The van der Waals surface area contributed by atoms with E-state index in [-0.39, 0.29) is 16.0 Å². The average Bonchev–Trinajstić information content (AvgIpc) is 2.39. The smallest absolute Gasteiger partial charge is 0.355 e. The second kappa shape index (κ2) is 8.06. The van der Waals surface area contributed by atoms with Crippen LogP contribution in [0, 0.1) is 5.92 Å². The largest absolute Gasteiger partial charge is 0.417 e. The lowest BCUT2D eigenvalue weighted by atomic mass is 10.1. The van der Waals surface area contributed by atoms with Gasteiger partial charge in [-0.15, -0.1) is 0 Å². The molecular weight excluding hydrogens is 337 g/mol. The highest BCUT2D eigenvalue weighted by atomic mass is 35.5. The minimum Gasteiger partial charge on any atom is -0.355 e. The number of rotatable bonds is 6. The molecule has 0 saturated heterocycles. The van der Waals surface area contributed by atoms with Gasteiger partial charge in [-0.1, -0.05) is 37.2 Å². The molecule has 0 bridgehead atoms. The fourth-order valence-electron chi connectivity index (χ4n) is 1.52. The maximum Gasteiger partial charge on any atom is 0.417 e. The maximum absolute atomic E-state index is 12.5. The summed E-state index contributed by atoms with van der Waals surface area (Å²) >= 11 is 6.85. The minimum atomic E-state index is -4.49. The summed E-state index contributed by atoms with van der Waals surface area (Å²) in [6.45, 7) is 6.33. The topological polar surface area (TPSA) is 42.0 Å². The molecule has 1 amide bonds. The molecule has 0 aromatic carbocycles. The van der Waals surface area contributed by atoms with Crippen LogP contribution in [0.1, 0.15) is 32.8 Å². The summed E-state index contributed by atoms with van der Waals surface area (Å²) in [7, 11) is 0. The average molecular weight is 355 g/mol. The van der Waals surface area contributed by atoms with Gasteiger partial charge in [-0.05, 0) is 25.3 Å². The molecule has 1 N–H and O–H groups in total. The van der Waals surface area contributed by atoms with E-state index < -0.39 is 17.0 Å². The quantitative estimate of drug-likeness (QED) is 0.770.